The predicted octanol–water partition coefficient (Wildman–Crippen LogP) is 1.79. The molecular weight excluding hydrogens is 266 g/mol. The van der Waals surface area contributed by atoms with Gasteiger partial charge in [0.25, 0.3) is 5.91 Å². The van der Waals surface area contributed by atoms with Gasteiger partial charge in [-0.25, -0.2) is 10.4 Å². The lowest BCUT2D eigenvalue weighted by Crippen LogP contribution is -2.18. The minimum Gasteiger partial charge on any atom is -0.266 e. The van der Waals surface area contributed by atoms with Crippen molar-refractivity contribution in [1.29, 1.82) is 0 Å². The second-order valence-electron chi connectivity index (χ2n) is 4.20. The number of rotatable bonds is 3. The third kappa shape index (κ3) is 3.06. The lowest BCUT2D eigenvalue weighted by atomic mass is 10.3. The second kappa shape index (κ2) is 5.87. The number of hydrogen-bond acceptors (Lipinski definition) is 5. The van der Waals surface area contributed by atoms with E-state index in [1.165, 1.54) is 6.21 Å². The molecule has 3 rings (SSSR count). The van der Waals surface area contributed by atoms with E-state index < -0.39 is 0 Å². The highest BCUT2D eigenvalue weighted by molar-refractivity contribution is 5.93. The van der Waals surface area contributed by atoms with Gasteiger partial charge in [-0.15, -0.1) is 0 Å². The Labute approximate surface area is 120 Å². The first-order valence-corrected chi connectivity index (χ1v) is 6.29. The van der Waals surface area contributed by atoms with Crippen molar-refractivity contribution in [2.24, 2.45) is 5.10 Å². The molecule has 0 fully saturated rings. The number of fused-ring (bicyclic) bond motifs is 1. The standard InChI is InChI=1S/C15H11N5O/c21-15(14-7-3-4-8-16-14)20-18-10-11-9-17-12-5-1-2-6-13(12)19-11/h1-10H,(H,20,21)/b18-10-. The summed E-state index contributed by atoms with van der Waals surface area (Å²) in [5.41, 5.74) is 4.85. The van der Waals surface area contributed by atoms with Crippen LogP contribution in [0.2, 0.25) is 0 Å². The van der Waals surface area contributed by atoms with E-state index in [2.05, 4.69) is 25.5 Å². The van der Waals surface area contributed by atoms with Crippen LogP contribution in [0, 0.1) is 0 Å². The minimum atomic E-state index is -0.374. The summed E-state index contributed by atoms with van der Waals surface area (Å²) < 4.78 is 0. The molecule has 3 aromatic rings. The van der Waals surface area contributed by atoms with Crippen molar-refractivity contribution in [2.45, 2.75) is 0 Å². The fraction of sp³-hybridized carbons (Fsp3) is 0. The molecule has 2 aromatic heterocycles. The van der Waals surface area contributed by atoms with Crippen molar-refractivity contribution >= 4 is 23.2 Å². The molecule has 6 heteroatoms. The summed E-state index contributed by atoms with van der Waals surface area (Å²) in [5, 5.41) is 3.86. The van der Waals surface area contributed by atoms with Crippen molar-refractivity contribution in [3.8, 4) is 0 Å². The fourth-order valence-electron chi connectivity index (χ4n) is 1.75. The summed E-state index contributed by atoms with van der Waals surface area (Å²) >= 11 is 0. The lowest BCUT2D eigenvalue weighted by Gasteiger charge is -1.99. The number of carbonyl (C=O) groups is 1. The Kier molecular flexibility index (Phi) is 3.60. The maximum absolute atomic E-state index is 11.7. The molecule has 0 atom stereocenters. The number of pyridine rings is 1. The molecule has 102 valence electrons. The molecule has 6 nitrogen and oxygen atoms in total. The summed E-state index contributed by atoms with van der Waals surface area (Å²) in [6.45, 7) is 0. The Hall–Kier alpha value is -3.15. The summed E-state index contributed by atoms with van der Waals surface area (Å²) in [6, 6.07) is 12.6. The third-order valence-corrected chi connectivity index (χ3v) is 2.73. The molecule has 0 bridgehead atoms. The first kappa shape index (κ1) is 12.9. The van der Waals surface area contributed by atoms with Crippen molar-refractivity contribution in [3.05, 3.63) is 66.2 Å². The first-order valence-electron chi connectivity index (χ1n) is 6.29. The van der Waals surface area contributed by atoms with Crippen LogP contribution in [-0.2, 0) is 0 Å². The summed E-state index contributed by atoms with van der Waals surface area (Å²) in [6.07, 6.45) is 4.59. The third-order valence-electron chi connectivity index (χ3n) is 2.73. The zero-order chi connectivity index (χ0) is 14.5. The second-order valence-corrected chi connectivity index (χ2v) is 4.20. The van der Waals surface area contributed by atoms with Crippen LogP contribution in [0.3, 0.4) is 0 Å². The topological polar surface area (TPSA) is 80.1 Å². The van der Waals surface area contributed by atoms with Gasteiger partial charge in [0.2, 0.25) is 0 Å². The number of hydrazone groups is 1. The molecule has 21 heavy (non-hydrogen) atoms. The summed E-state index contributed by atoms with van der Waals surface area (Å²) in [7, 11) is 0. The van der Waals surface area contributed by atoms with Crippen molar-refractivity contribution in [3.63, 3.8) is 0 Å². The van der Waals surface area contributed by atoms with E-state index >= 15 is 0 Å². The van der Waals surface area contributed by atoms with E-state index in [1.54, 1.807) is 30.6 Å². The number of para-hydroxylation sites is 2. The Bertz CT molecular complexity index is 801. The molecule has 2 heterocycles. The zero-order valence-corrected chi connectivity index (χ0v) is 11.0. The molecule has 0 saturated heterocycles. The number of nitrogens with one attached hydrogen (secondary N) is 1. The average molecular weight is 277 g/mol. The molecule has 0 unspecified atom stereocenters. The van der Waals surface area contributed by atoms with Crippen LogP contribution in [-0.4, -0.2) is 27.1 Å². The van der Waals surface area contributed by atoms with Gasteiger partial charge in [-0.05, 0) is 24.3 Å². The van der Waals surface area contributed by atoms with Gasteiger partial charge in [-0.3, -0.25) is 14.8 Å². The van der Waals surface area contributed by atoms with Gasteiger partial charge in [-0.2, -0.15) is 5.10 Å². The number of aromatic nitrogens is 3. The molecule has 1 amide bonds. The van der Waals surface area contributed by atoms with Gasteiger partial charge < -0.3 is 0 Å². The van der Waals surface area contributed by atoms with E-state index in [4.69, 9.17) is 0 Å². The average Bonchev–Trinajstić information content (AvgIpc) is 2.55. The van der Waals surface area contributed by atoms with E-state index in [9.17, 15) is 4.79 Å². The van der Waals surface area contributed by atoms with Crippen molar-refractivity contribution < 1.29 is 4.79 Å². The molecular formula is C15H11N5O. The summed E-state index contributed by atoms with van der Waals surface area (Å²) in [5.74, 6) is -0.374. The molecule has 1 N–H and O–H groups in total. The lowest BCUT2D eigenvalue weighted by molar-refractivity contribution is 0.0950. The normalized spacial score (nSPS) is 10.9. The Balaban J connectivity index is 1.71. The number of nitrogens with zero attached hydrogens (tertiary/aromatic N) is 4. The highest BCUT2D eigenvalue weighted by Gasteiger charge is 2.03. The maximum atomic E-state index is 11.7. The molecule has 0 aliphatic carbocycles. The highest BCUT2D eigenvalue weighted by Crippen LogP contribution is 2.07. The van der Waals surface area contributed by atoms with E-state index in [0.29, 0.717) is 11.4 Å². The van der Waals surface area contributed by atoms with Gasteiger partial charge >= 0.3 is 0 Å². The zero-order valence-electron chi connectivity index (χ0n) is 11.0. The van der Waals surface area contributed by atoms with Crippen LogP contribution in [0.25, 0.3) is 11.0 Å². The monoisotopic (exact) mass is 277 g/mol. The largest absolute Gasteiger partial charge is 0.289 e. The Morgan fingerprint density at radius 2 is 1.86 bits per heavy atom. The van der Waals surface area contributed by atoms with Crippen LogP contribution in [0.1, 0.15) is 16.2 Å². The molecule has 0 aliphatic rings. The minimum absolute atomic E-state index is 0.305. The highest BCUT2D eigenvalue weighted by atomic mass is 16.2. The van der Waals surface area contributed by atoms with Crippen LogP contribution >= 0.6 is 0 Å². The van der Waals surface area contributed by atoms with Crippen LogP contribution in [0.5, 0.6) is 0 Å². The van der Waals surface area contributed by atoms with Gasteiger partial charge in [0.05, 0.1) is 23.4 Å². The Morgan fingerprint density at radius 1 is 1.05 bits per heavy atom. The number of benzene rings is 1. The SMILES string of the molecule is O=C(N/N=C\c1cnc2ccccc2n1)c1ccccn1. The molecule has 0 saturated carbocycles. The van der Waals surface area contributed by atoms with Crippen LogP contribution in [0.15, 0.2) is 60.0 Å². The van der Waals surface area contributed by atoms with Gasteiger partial charge in [0.15, 0.2) is 0 Å². The smallest absolute Gasteiger partial charge is 0.266 e. The number of amides is 1. The van der Waals surface area contributed by atoms with Crippen LogP contribution < -0.4 is 5.43 Å². The van der Waals surface area contributed by atoms with Crippen molar-refractivity contribution in [1.82, 2.24) is 20.4 Å². The molecule has 0 radical (unpaired) electrons. The summed E-state index contributed by atoms with van der Waals surface area (Å²) in [4.78, 5) is 24.3. The van der Waals surface area contributed by atoms with Gasteiger partial charge in [-0.1, -0.05) is 18.2 Å². The number of carbonyl (C=O) groups excluding carboxylic acids is 1. The molecule has 0 spiro atoms. The van der Waals surface area contributed by atoms with E-state index in [0.717, 1.165) is 11.0 Å². The molecule has 0 aliphatic heterocycles. The predicted molar refractivity (Wildman–Crippen MR) is 78.8 cm³/mol. The van der Waals surface area contributed by atoms with E-state index in [-0.39, 0.29) is 5.91 Å². The van der Waals surface area contributed by atoms with Gasteiger partial charge in [0.1, 0.15) is 11.4 Å². The van der Waals surface area contributed by atoms with Crippen LogP contribution in [0.4, 0.5) is 0 Å². The molecule has 1 aromatic carbocycles. The van der Waals surface area contributed by atoms with Crippen molar-refractivity contribution in [2.75, 3.05) is 0 Å². The van der Waals surface area contributed by atoms with E-state index in [1.807, 2.05) is 24.3 Å². The quantitative estimate of drug-likeness (QED) is 0.584. The first-order chi connectivity index (χ1) is 10.3. The Morgan fingerprint density at radius 3 is 2.67 bits per heavy atom. The van der Waals surface area contributed by atoms with Gasteiger partial charge in [0, 0.05) is 6.20 Å². The maximum Gasteiger partial charge on any atom is 0.289 e. The number of hydrogen-bond donors (Lipinski definition) is 1. The fourth-order valence-corrected chi connectivity index (χ4v) is 1.75.